The predicted molar refractivity (Wildman–Crippen MR) is 144 cm³/mol. The molecule has 0 radical (unpaired) electrons. The Kier molecular flexibility index (Phi) is 11.3. The first kappa shape index (κ1) is 27.3. The quantitative estimate of drug-likeness (QED) is 0.217. The second kappa shape index (κ2) is 13.7. The molecule has 1 aliphatic heterocycles. The Hall–Kier alpha value is -3.70. The van der Waals surface area contributed by atoms with Crippen LogP contribution in [0.5, 0.6) is 0 Å². The van der Waals surface area contributed by atoms with E-state index in [0.717, 1.165) is 40.5 Å². The van der Waals surface area contributed by atoms with E-state index >= 15 is 0 Å². The Morgan fingerprint density at radius 3 is 1.79 bits per heavy atom. The van der Waals surface area contributed by atoms with Crippen LogP contribution in [0.3, 0.4) is 0 Å². The van der Waals surface area contributed by atoms with Crippen molar-refractivity contribution in [2.24, 2.45) is 4.99 Å². The van der Waals surface area contributed by atoms with Gasteiger partial charge >= 0.3 is 0 Å². The van der Waals surface area contributed by atoms with E-state index in [4.69, 9.17) is 21.4 Å². The highest BCUT2D eigenvalue weighted by Gasteiger charge is 2.11. The third-order valence-corrected chi connectivity index (χ3v) is 4.70. The first-order valence-electron chi connectivity index (χ1n) is 10.5. The molecule has 1 heterocycles. The Labute approximate surface area is 196 Å². The Morgan fingerprint density at radius 2 is 1.30 bits per heavy atom. The third kappa shape index (κ3) is 7.16. The van der Waals surface area contributed by atoms with Crippen LogP contribution in [0.4, 0.5) is 17.1 Å². The van der Waals surface area contributed by atoms with Gasteiger partial charge in [-0.05, 0) is 55.3 Å². The summed E-state index contributed by atoms with van der Waals surface area (Å²) in [4.78, 5) is 13.4. The largest absolute Gasteiger partial charge is 0.398 e. The molecule has 0 spiro atoms. The standard InChI is InChI=1S/C13H11N.C10H10N2.C2H6O.C2H4O.CH4/c1-9-8-11-6-2-4-10-5-3-7-12(14-9)13(10)11;11-8-5-1-3-7-4-2-6-9(12)10(7)8;2*1-2-3;/h2-7H,8H2,1H3;1-6H,11-12H2;3H,2H2,1H3;2H,1H3;1H4. The first-order chi connectivity index (χ1) is 15.5. The topological polar surface area (TPSA) is 102 Å². The number of benzene rings is 4. The van der Waals surface area contributed by atoms with Crippen LogP contribution in [0, 0.1) is 0 Å². The lowest BCUT2D eigenvalue weighted by Gasteiger charge is -2.14. The van der Waals surface area contributed by atoms with Gasteiger partial charge in [-0.2, -0.15) is 0 Å². The van der Waals surface area contributed by atoms with E-state index in [-0.39, 0.29) is 14.0 Å². The van der Waals surface area contributed by atoms with Crippen molar-refractivity contribution >= 4 is 50.6 Å². The number of anilines is 2. The molecule has 0 bridgehead atoms. The van der Waals surface area contributed by atoms with Gasteiger partial charge in [0.05, 0.1) is 5.69 Å². The van der Waals surface area contributed by atoms with Crippen molar-refractivity contribution in [1.82, 2.24) is 0 Å². The fourth-order valence-corrected chi connectivity index (χ4v) is 3.56. The number of aliphatic hydroxyl groups excluding tert-OH is 1. The van der Waals surface area contributed by atoms with Crippen molar-refractivity contribution in [1.29, 1.82) is 0 Å². The van der Waals surface area contributed by atoms with Crippen LogP contribution in [-0.4, -0.2) is 23.7 Å². The van der Waals surface area contributed by atoms with Gasteiger partial charge in [0, 0.05) is 40.9 Å². The molecule has 5 N–H and O–H groups in total. The maximum atomic E-state index is 8.81. The van der Waals surface area contributed by atoms with Crippen LogP contribution in [0.1, 0.15) is 33.8 Å². The number of hydrogen-bond donors (Lipinski definition) is 3. The third-order valence-electron chi connectivity index (χ3n) is 4.70. The second-order valence-corrected chi connectivity index (χ2v) is 7.16. The smallest absolute Gasteiger partial charge is 0.116 e. The summed E-state index contributed by atoms with van der Waals surface area (Å²) in [6.07, 6.45) is 1.74. The van der Waals surface area contributed by atoms with Crippen molar-refractivity contribution < 1.29 is 9.90 Å². The van der Waals surface area contributed by atoms with Crippen LogP contribution in [0.25, 0.3) is 21.5 Å². The van der Waals surface area contributed by atoms with Gasteiger partial charge in [0.15, 0.2) is 0 Å². The maximum Gasteiger partial charge on any atom is 0.116 e. The zero-order valence-corrected chi connectivity index (χ0v) is 18.9. The molecule has 0 aromatic heterocycles. The summed E-state index contributed by atoms with van der Waals surface area (Å²) in [6.45, 7) is 5.47. The maximum absolute atomic E-state index is 8.81. The molecule has 0 saturated heterocycles. The van der Waals surface area contributed by atoms with Gasteiger partial charge in [-0.15, -0.1) is 0 Å². The van der Waals surface area contributed by atoms with Crippen LogP contribution in [0.2, 0.25) is 0 Å². The number of rotatable bonds is 0. The van der Waals surface area contributed by atoms with Crippen LogP contribution in [0.15, 0.2) is 77.8 Å². The van der Waals surface area contributed by atoms with E-state index in [2.05, 4.69) is 48.3 Å². The first-order valence-corrected chi connectivity index (χ1v) is 10.5. The van der Waals surface area contributed by atoms with Gasteiger partial charge in [-0.3, -0.25) is 4.99 Å². The van der Waals surface area contributed by atoms with E-state index in [0.29, 0.717) is 0 Å². The number of aldehydes is 1. The minimum atomic E-state index is 0. The minimum Gasteiger partial charge on any atom is -0.398 e. The molecule has 5 nitrogen and oxygen atoms in total. The Balaban J connectivity index is 0.000000263. The summed E-state index contributed by atoms with van der Waals surface area (Å²) in [5, 5.41) is 12.3. The Morgan fingerprint density at radius 1 is 0.879 bits per heavy atom. The van der Waals surface area contributed by atoms with Crippen molar-refractivity contribution in [3.05, 3.63) is 78.4 Å². The number of hydrogen-bond acceptors (Lipinski definition) is 5. The molecule has 4 aromatic carbocycles. The summed E-state index contributed by atoms with van der Waals surface area (Å²) < 4.78 is 0. The highest BCUT2D eigenvalue weighted by atomic mass is 16.2. The average Bonchev–Trinajstić information content (AvgIpc) is 2.76. The lowest BCUT2D eigenvalue weighted by atomic mass is 9.97. The fraction of sp³-hybridized carbons (Fsp3) is 0.214. The summed E-state index contributed by atoms with van der Waals surface area (Å²) >= 11 is 0. The van der Waals surface area contributed by atoms with Crippen molar-refractivity contribution in [2.75, 3.05) is 18.1 Å². The molecule has 0 fully saturated rings. The minimum absolute atomic E-state index is 0. The highest BCUT2D eigenvalue weighted by Crippen LogP contribution is 2.33. The summed E-state index contributed by atoms with van der Waals surface area (Å²) in [5.41, 5.74) is 16.8. The molecule has 0 saturated carbocycles. The van der Waals surface area contributed by atoms with Gasteiger partial charge in [0.2, 0.25) is 0 Å². The molecule has 1 aliphatic rings. The number of nitrogens with two attached hydrogens (primary N) is 2. The number of carbonyl (C=O) groups is 1. The van der Waals surface area contributed by atoms with E-state index in [1.165, 1.54) is 29.0 Å². The summed E-state index contributed by atoms with van der Waals surface area (Å²) in [7, 11) is 0. The number of fused-ring (bicyclic) bond motifs is 1. The molecule has 4 aromatic rings. The molecule has 33 heavy (non-hydrogen) atoms. The van der Waals surface area contributed by atoms with Gasteiger partial charge < -0.3 is 21.4 Å². The molecular weight excluding hydrogens is 410 g/mol. The lowest BCUT2D eigenvalue weighted by Crippen LogP contribution is -2.02. The molecule has 0 atom stereocenters. The molecule has 174 valence electrons. The zero-order valence-electron chi connectivity index (χ0n) is 18.9. The fourth-order valence-electron chi connectivity index (χ4n) is 3.56. The lowest BCUT2D eigenvalue weighted by molar-refractivity contribution is -0.106. The van der Waals surface area contributed by atoms with Gasteiger partial charge in [-0.25, -0.2) is 0 Å². The second-order valence-electron chi connectivity index (χ2n) is 7.16. The molecule has 0 aliphatic carbocycles. The molecule has 0 unspecified atom stereocenters. The summed E-state index contributed by atoms with van der Waals surface area (Å²) in [6, 6.07) is 24.4. The normalized spacial score (nSPS) is 10.7. The number of nitrogens with zero attached hydrogens (tertiary/aromatic N) is 1. The number of nitrogen functional groups attached to an aromatic ring is 2. The average molecular weight is 446 g/mol. The zero-order chi connectivity index (χ0) is 23.5. The van der Waals surface area contributed by atoms with Gasteiger partial charge in [0.25, 0.3) is 0 Å². The SMILES string of the molecule is C.CC1=Nc2cccc3cccc(c23)C1.CC=O.CCO.Nc1cccc2cccc(N)c12. The van der Waals surface area contributed by atoms with E-state index in [1.807, 2.05) is 36.4 Å². The van der Waals surface area contributed by atoms with Crippen LogP contribution in [-0.2, 0) is 11.2 Å². The van der Waals surface area contributed by atoms with Crippen molar-refractivity contribution in [3.8, 4) is 0 Å². The monoisotopic (exact) mass is 445 g/mol. The predicted octanol–water partition coefficient (Wildman–Crippen LogP) is 6.33. The van der Waals surface area contributed by atoms with Crippen LogP contribution >= 0.6 is 0 Å². The van der Waals surface area contributed by atoms with E-state index < -0.39 is 0 Å². The number of aliphatic imine (C=N–C) groups is 1. The Bertz CT molecular complexity index is 1170. The van der Waals surface area contributed by atoms with Gasteiger partial charge in [-0.1, -0.05) is 62.0 Å². The molecule has 0 amide bonds. The van der Waals surface area contributed by atoms with Crippen molar-refractivity contribution in [3.63, 3.8) is 0 Å². The van der Waals surface area contributed by atoms with Crippen LogP contribution < -0.4 is 11.5 Å². The summed E-state index contributed by atoms with van der Waals surface area (Å²) in [5.74, 6) is 0. The van der Waals surface area contributed by atoms with E-state index in [9.17, 15) is 0 Å². The molecule has 5 rings (SSSR count). The van der Waals surface area contributed by atoms with Gasteiger partial charge in [0.1, 0.15) is 6.29 Å². The number of aliphatic hydroxyl groups is 1. The molecular formula is C28H35N3O2. The van der Waals surface area contributed by atoms with Crippen molar-refractivity contribution in [2.45, 2.75) is 34.6 Å². The van der Waals surface area contributed by atoms with E-state index in [1.54, 1.807) is 6.92 Å². The molecule has 5 heteroatoms. The number of carbonyl (C=O) groups excluding carboxylic acids is 1. The highest BCUT2D eigenvalue weighted by molar-refractivity contribution is 6.04.